The fourth-order valence-corrected chi connectivity index (χ4v) is 1.54. The molecule has 0 bridgehead atoms. The molecule has 0 aliphatic heterocycles. The molecule has 0 saturated carbocycles. The highest BCUT2D eigenvalue weighted by Crippen LogP contribution is 2.16. The van der Waals surface area contributed by atoms with Crippen molar-refractivity contribution in [2.45, 2.75) is 12.3 Å². The highest BCUT2D eigenvalue weighted by molar-refractivity contribution is 9.08. The van der Waals surface area contributed by atoms with E-state index < -0.39 is 5.82 Å². The van der Waals surface area contributed by atoms with Crippen molar-refractivity contribution in [1.82, 2.24) is 0 Å². The summed E-state index contributed by atoms with van der Waals surface area (Å²) in [6.07, 6.45) is 0. The van der Waals surface area contributed by atoms with Gasteiger partial charge in [0.1, 0.15) is 5.82 Å². The van der Waals surface area contributed by atoms with Gasteiger partial charge in [-0.15, -0.1) is 0 Å². The molecule has 0 saturated heterocycles. The minimum atomic E-state index is -0.445. The van der Waals surface area contributed by atoms with E-state index in [1.54, 1.807) is 12.1 Å². The molecule has 0 aromatic heterocycles. The molecule has 0 fully saturated rings. The van der Waals surface area contributed by atoms with Crippen molar-refractivity contribution in [3.8, 4) is 0 Å². The predicted molar refractivity (Wildman–Crippen MR) is 49.0 cm³/mol. The number of hydrogen-bond donors (Lipinski definition) is 0. The van der Waals surface area contributed by atoms with Gasteiger partial charge in [-0.3, -0.25) is 4.79 Å². The van der Waals surface area contributed by atoms with E-state index in [2.05, 4.69) is 15.9 Å². The average Bonchev–Trinajstić information content (AvgIpc) is 2.03. The molecular weight excluding hydrogens is 223 g/mol. The van der Waals surface area contributed by atoms with E-state index in [1.165, 1.54) is 13.0 Å². The standard InChI is InChI=1S/C9H8BrFO/c1-6(12)9-7(5-10)3-2-4-8(9)11/h2-4H,5H2,1H3. The zero-order valence-electron chi connectivity index (χ0n) is 6.60. The number of benzene rings is 1. The van der Waals surface area contributed by atoms with Crippen LogP contribution in [0.4, 0.5) is 4.39 Å². The minimum absolute atomic E-state index is 0.189. The lowest BCUT2D eigenvalue weighted by Crippen LogP contribution is -2.01. The van der Waals surface area contributed by atoms with Gasteiger partial charge in [-0.25, -0.2) is 4.39 Å². The van der Waals surface area contributed by atoms with Gasteiger partial charge in [0.15, 0.2) is 5.78 Å². The van der Waals surface area contributed by atoms with Gasteiger partial charge >= 0.3 is 0 Å². The summed E-state index contributed by atoms with van der Waals surface area (Å²) in [4.78, 5) is 11.0. The van der Waals surface area contributed by atoms with Gasteiger partial charge in [0, 0.05) is 5.33 Å². The first-order valence-electron chi connectivity index (χ1n) is 3.51. The van der Waals surface area contributed by atoms with Crippen molar-refractivity contribution < 1.29 is 9.18 Å². The van der Waals surface area contributed by atoms with Crippen LogP contribution >= 0.6 is 15.9 Å². The van der Waals surface area contributed by atoms with Gasteiger partial charge < -0.3 is 0 Å². The van der Waals surface area contributed by atoms with Gasteiger partial charge in [-0.1, -0.05) is 28.1 Å². The third-order valence-corrected chi connectivity index (χ3v) is 2.20. The van der Waals surface area contributed by atoms with Crippen LogP contribution in [0.3, 0.4) is 0 Å². The summed E-state index contributed by atoms with van der Waals surface area (Å²) in [7, 11) is 0. The van der Waals surface area contributed by atoms with E-state index in [1.807, 2.05) is 0 Å². The lowest BCUT2D eigenvalue weighted by atomic mass is 10.1. The fourth-order valence-electron chi connectivity index (χ4n) is 1.07. The number of hydrogen-bond acceptors (Lipinski definition) is 1. The van der Waals surface area contributed by atoms with Gasteiger partial charge in [-0.2, -0.15) is 0 Å². The van der Waals surface area contributed by atoms with Crippen LogP contribution in [0.1, 0.15) is 22.8 Å². The molecule has 64 valence electrons. The van der Waals surface area contributed by atoms with E-state index in [9.17, 15) is 9.18 Å². The molecule has 0 spiro atoms. The molecule has 0 unspecified atom stereocenters. The average molecular weight is 231 g/mol. The monoisotopic (exact) mass is 230 g/mol. The van der Waals surface area contributed by atoms with E-state index >= 15 is 0 Å². The Hall–Kier alpha value is -0.700. The van der Waals surface area contributed by atoms with E-state index in [4.69, 9.17) is 0 Å². The summed E-state index contributed by atoms with van der Waals surface area (Å²) in [6.45, 7) is 1.37. The Labute approximate surface area is 78.7 Å². The summed E-state index contributed by atoms with van der Waals surface area (Å²) >= 11 is 3.19. The van der Waals surface area contributed by atoms with Crippen LogP contribution in [-0.2, 0) is 5.33 Å². The minimum Gasteiger partial charge on any atom is -0.294 e. The Kier molecular flexibility index (Phi) is 2.98. The summed E-state index contributed by atoms with van der Waals surface area (Å²) < 4.78 is 13.0. The fraction of sp³-hybridized carbons (Fsp3) is 0.222. The number of Topliss-reactive ketones (excluding diaryl/α,β-unsaturated/α-hetero) is 1. The SMILES string of the molecule is CC(=O)c1c(F)cccc1CBr. The Morgan fingerprint density at radius 2 is 2.25 bits per heavy atom. The van der Waals surface area contributed by atoms with Crippen LogP contribution in [0, 0.1) is 5.82 Å². The molecule has 1 aromatic carbocycles. The molecule has 0 aliphatic rings. The number of rotatable bonds is 2. The molecule has 0 heterocycles. The smallest absolute Gasteiger partial charge is 0.163 e. The molecule has 0 aliphatic carbocycles. The van der Waals surface area contributed by atoms with Crippen LogP contribution in [-0.4, -0.2) is 5.78 Å². The lowest BCUT2D eigenvalue weighted by molar-refractivity contribution is 0.101. The Balaban J connectivity index is 3.29. The maximum atomic E-state index is 13.0. The van der Waals surface area contributed by atoms with E-state index in [0.29, 0.717) is 10.9 Å². The molecule has 3 heteroatoms. The molecule has 0 N–H and O–H groups in total. The van der Waals surface area contributed by atoms with E-state index in [-0.39, 0.29) is 11.3 Å². The Morgan fingerprint density at radius 1 is 1.58 bits per heavy atom. The third-order valence-electron chi connectivity index (χ3n) is 1.60. The zero-order chi connectivity index (χ0) is 9.14. The molecule has 1 rings (SSSR count). The van der Waals surface area contributed by atoms with Crippen LogP contribution in [0.2, 0.25) is 0 Å². The topological polar surface area (TPSA) is 17.1 Å². The number of halogens is 2. The molecule has 1 nitrogen and oxygen atoms in total. The molecule has 0 radical (unpaired) electrons. The second kappa shape index (κ2) is 3.81. The second-order valence-corrected chi connectivity index (χ2v) is 3.02. The number of ketones is 1. The van der Waals surface area contributed by atoms with Crippen molar-refractivity contribution in [3.05, 3.63) is 35.1 Å². The first-order chi connectivity index (χ1) is 5.66. The van der Waals surface area contributed by atoms with E-state index in [0.717, 1.165) is 0 Å². The molecule has 0 atom stereocenters. The highest BCUT2D eigenvalue weighted by atomic mass is 79.9. The van der Waals surface area contributed by atoms with Crippen LogP contribution < -0.4 is 0 Å². The van der Waals surface area contributed by atoms with Crippen molar-refractivity contribution >= 4 is 21.7 Å². The van der Waals surface area contributed by atoms with Crippen LogP contribution in [0.15, 0.2) is 18.2 Å². The first-order valence-corrected chi connectivity index (χ1v) is 4.63. The number of carbonyl (C=O) groups is 1. The molecule has 12 heavy (non-hydrogen) atoms. The Bertz CT molecular complexity index is 309. The zero-order valence-corrected chi connectivity index (χ0v) is 8.19. The summed E-state index contributed by atoms with van der Waals surface area (Å²) in [5.41, 5.74) is 0.886. The van der Waals surface area contributed by atoms with Gasteiger partial charge in [0.25, 0.3) is 0 Å². The lowest BCUT2D eigenvalue weighted by Gasteiger charge is -2.03. The van der Waals surface area contributed by atoms with Gasteiger partial charge in [-0.05, 0) is 18.6 Å². The summed E-state index contributed by atoms with van der Waals surface area (Å²) in [5, 5.41) is 0.500. The molecule has 1 aromatic rings. The second-order valence-electron chi connectivity index (χ2n) is 2.46. The molecular formula is C9H8BrFO. The van der Waals surface area contributed by atoms with Crippen molar-refractivity contribution in [1.29, 1.82) is 0 Å². The first kappa shape index (κ1) is 9.39. The predicted octanol–water partition coefficient (Wildman–Crippen LogP) is 2.92. The van der Waals surface area contributed by atoms with Crippen molar-refractivity contribution in [3.63, 3.8) is 0 Å². The van der Waals surface area contributed by atoms with Gasteiger partial charge in [0.2, 0.25) is 0 Å². The largest absolute Gasteiger partial charge is 0.294 e. The number of carbonyl (C=O) groups excluding carboxylic acids is 1. The summed E-state index contributed by atoms with van der Waals surface area (Å²) in [6, 6.07) is 4.62. The molecule has 0 amide bonds. The quantitative estimate of drug-likeness (QED) is 0.564. The van der Waals surface area contributed by atoms with Crippen LogP contribution in [0.25, 0.3) is 0 Å². The maximum absolute atomic E-state index is 13.0. The third kappa shape index (κ3) is 1.72. The maximum Gasteiger partial charge on any atom is 0.163 e. The van der Waals surface area contributed by atoms with Crippen LogP contribution in [0.5, 0.6) is 0 Å². The van der Waals surface area contributed by atoms with Gasteiger partial charge in [0.05, 0.1) is 5.56 Å². The van der Waals surface area contributed by atoms with Crippen molar-refractivity contribution in [2.24, 2.45) is 0 Å². The highest BCUT2D eigenvalue weighted by Gasteiger charge is 2.10. The Morgan fingerprint density at radius 3 is 2.67 bits per heavy atom. The summed E-state index contributed by atoms with van der Waals surface area (Å²) in [5.74, 6) is -0.679. The number of alkyl halides is 1. The van der Waals surface area contributed by atoms with Crippen molar-refractivity contribution in [2.75, 3.05) is 0 Å². The normalized spacial score (nSPS) is 9.92.